The lowest BCUT2D eigenvalue weighted by atomic mass is 10.2. The Kier molecular flexibility index (Phi) is 20.0. The highest BCUT2D eigenvalue weighted by Crippen LogP contribution is 2.13. The molecule has 364 valence electrons. The average Bonchev–Trinajstić information content (AvgIpc) is 3.20. The fraction of sp³-hybridized carbons (Fsp3) is 0.575. The summed E-state index contributed by atoms with van der Waals surface area (Å²) in [5.41, 5.74) is -3.79. The van der Waals surface area contributed by atoms with Crippen LogP contribution in [0, 0.1) is 0 Å². The van der Waals surface area contributed by atoms with E-state index in [2.05, 4.69) is 35.6 Å². The van der Waals surface area contributed by atoms with Crippen LogP contribution in [0.2, 0.25) is 0 Å². The second-order valence-corrected chi connectivity index (χ2v) is 17.0. The van der Waals surface area contributed by atoms with Gasteiger partial charge in [-0.1, -0.05) is 0 Å². The van der Waals surface area contributed by atoms with Gasteiger partial charge in [-0.2, -0.15) is 0 Å². The maximum Gasteiger partial charge on any atom is 0.410 e. The van der Waals surface area contributed by atoms with Crippen LogP contribution < -0.4 is 44.4 Å². The Morgan fingerprint density at radius 1 is 0.470 bits per heavy atom. The lowest BCUT2D eigenvalue weighted by molar-refractivity contribution is -0.136. The minimum atomic E-state index is -1.10. The fourth-order valence-corrected chi connectivity index (χ4v) is 6.11. The minimum Gasteiger partial charge on any atom is -0.481 e. The number of carbonyl (C=O) groups excluding carboxylic acids is 4. The number of piperazine rings is 3. The molecule has 3 aromatic heterocycles. The van der Waals surface area contributed by atoms with E-state index in [-0.39, 0.29) is 54.2 Å². The minimum absolute atomic E-state index is 0.0547. The number of rotatable bonds is 6. The number of nitrogens with zero attached hydrogens (tertiary/aromatic N) is 4. The van der Waals surface area contributed by atoms with E-state index in [0.717, 1.165) is 45.3 Å². The van der Waals surface area contributed by atoms with Crippen molar-refractivity contribution in [1.29, 1.82) is 0 Å². The zero-order valence-electron chi connectivity index (χ0n) is 37.9. The highest BCUT2D eigenvalue weighted by Gasteiger charge is 2.28. The fourth-order valence-electron chi connectivity index (χ4n) is 6.11. The van der Waals surface area contributed by atoms with Crippen LogP contribution in [0.25, 0.3) is 0 Å². The van der Waals surface area contributed by atoms with E-state index in [0.29, 0.717) is 45.0 Å². The molecule has 66 heavy (non-hydrogen) atoms. The number of nitrogens with one attached hydrogen (secondary N) is 8. The van der Waals surface area contributed by atoms with Crippen LogP contribution in [-0.2, 0) is 43.1 Å². The Morgan fingerprint density at radius 2 is 0.758 bits per heavy atom. The van der Waals surface area contributed by atoms with Crippen LogP contribution in [0.15, 0.2) is 47.0 Å². The number of aliphatic carboxylic acids is 1. The predicted octanol–water partition coefficient (Wildman–Crippen LogP) is -2.76. The Morgan fingerprint density at radius 3 is 1.08 bits per heavy atom. The third-order valence-corrected chi connectivity index (χ3v) is 9.00. The maximum atomic E-state index is 12.3. The third kappa shape index (κ3) is 20.6. The highest BCUT2D eigenvalue weighted by molar-refractivity contribution is 5.79. The van der Waals surface area contributed by atoms with Crippen molar-refractivity contribution in [2.75, 3.05) is 78.5 Å². The molecule has 26 nitrogen and oxygen atoms in total. The van der Waals surface area contributed by atoms with Gasteiger partial charge < -0.3 is 59.8 Å². The summed E-state index contributed by atoms with van der Waals surface area (Å²) in [4.78, 5) is 143. The summed E-state index contributed by atoms with van der Waals surface area (Å²) in [5, 5.41) is 14.6. The van der Waals surface area contributed by atoms with Gasteiger partial charge >= 0.3 is 35.2 Å². The van der Waals surface area contributed by atoms with Gasteiger partial charge in [0, 0.05) is 114 Å². The zero-order chi connectivity index (χ0) is 49.2. The summed E-state index contributed by atoms with van der Waals surface area (Å²) >= 11 is 0. The summed E-state index contributed by atoms with van der Waals surface area (Å²) < 4.78 is 10.5. The smallest absolute Gasteiger partial charge is 0.410 e. The molecule has 3 saturated heterocycles. The van der Waals surface area contributed by atoms with Crippen molar-refractivity contribution in [3.05, 3.63) is 97.8 Å². The summed E-state index contributed by atoms with van der Waals surface area (Å²) in [5.74, 6) is -1.39. The number of amides is 4. The van der Waals surface area contributed by atoms with Crippen molar-refractivity contribution >= 4 is 30.0 Å². The van der Waals surface area contributed by atoms with E-state index in [1.165, 1.54) is 12.1 Å². The van der Waals surface area contributed by atoms with Gasteiger partial charge in [0.15, 0.2) is 0 Å². The molecule has 0 unspecified atom stereocenters. The van der Waals surface area contributed by atoms with Crippen molar-refractivity contribution in [3.63, 3.8) is 0 Å². The van der Waals surface area contributed by atoms with E-state index < -0.39 is 51.4 Å². The summed E-state index contributed by atoms with van der Waals surface area (Å²) in [6.45, 7) is 18.6. The van der Waals surface area contributed by atoms with Gasteiger partial charge in [-0.3, -0.25) is 43.7 Å². The van der Waals surface area contributed by atoms with E-state index in [1.807, 2.05) is 25.8 Å². The van der Waals surface area contributed by atoms with Crippen molar-refractivity contribution in [3.8, 4) is 0 Å². The van der Waals surface area contributed by atoms with Gasteiger partial charge in [-0.05, 0) is 41.5 Å². The van der Waals surface area contributed by atoms with Crippen LogP contribution in [0.5, 0.6) is 0 Å². The molecule has 3 aliphatic heterocycles. The second kappa shape index (κ2) is 24.8. The summed E-state index contributed by atoms with van der Waals surface area (Å²) in [7, 11) is 0. The number of hydrogen-bond acceptors (Lipinski definition) is 15. The predicted molar refractivity (Wildman–Crippen MR) is 236 cm³/mol. The van der Waals surface area contributed by atoms with Gasteiger partial charge in [-0.15, -0.1) is 0 Å². The van der Waals surface area contributed by atoms with Crippen molar-refractivity contribution in [2.45, 2.75) is 72.0 Å². The van der Waals surface area contributed by atoms with E-state index in [9.17, 15) is 52.7 Å². The molecular weight excluding hydrogens is 873 g/mol. The van der Waals surface area contributed by atoms with Crippen LogP contribution in [0.3, 0.4) is 0 Å². The van der Waals surface area contributed by atoms with E-state index >= 15 is 0 Å². The monoisotopic (exact) mass is 932 g/mol. The molecular formula is C40H60N12O14. The van der Waals surface area contributed by atoms with Crippen molar-refractivity contribution in [2.24, 2.45) is 0 Å². The van der Waals surface area contributed by atoms with Gasteiger partial charge in [0.2, 0.25) is 11.8 Å². The Balaban J connectivity index is 0.000000243. The molecule has 0 aliphatic carbocycles. The number of hydrogen-bond donors (Lipinski definition) is 9. The number of carboxylic acids is 1. The molecule has 26 heteroatoms. The first kappa shape index (κ1) is 53.2. The molecule has 0 radical (unpaired) electrons. The lowest BCUT2D eigenvalue weighted by Gasteiger charge is -2.35. The van der Waals surface area contributed by atoms with Crippen molar-refractivity contribution < 1.29 is 38.6 Å². The Bertz CT molecular complexity index is 2390. The lowest BCUT2D eigenvalue weighted by Crippen LogP contribution is -2.52. The number of carbonyl (C=O) groups is 5. The first-order valence-corrected chi connectivity index (χ1v) is 21.0. The first-order valence-electron chi connectivity index (χ1n) is 21.0. The molecule has 0 atom stereocenters. The molecule has 3 aliphatic rings. The molecule has 0 aromatic carbocycles. The first-order chi connectivity index (χ1) is 30.8. The zero-order valence-corrected chi connectivity index (χ0v) is 37.9. The standard InChI is InChI=1S/C15H22N4O5.C10H14N4O3.C9H18N2O2.C6H6N2O4/c1-15(2,3)24-14(23)19-6-4-18(5-7-19)12(21)9-10-8-11(20)17-13(22)16-10;15-8-5-7(12-10(17)13-8)6-9(16)14-3-1-11-2-4-14;1-9(2,3)13-8(12)11-6-4-10-5-7-11;9-4-1-3(2-5(10)11)7-6(12)8-4/h8H,4-7,9H2,1-3H3,(H2,16,17,20,22);5,11H,1-4,6H2,(H2,12,13,15,17);10H,4-7H2,1-3H3;1H,2H2,(H,10,11)(H2,7,8,9,12). The Hall–Kier alpha value is -7.09. The second-order valence-electron chi connectivity index (χ2n) is 17.0. The topological polar surface area (TPSA) is 358 Å². The molecule has 0 saturated carbocycles. The number of H-pyrrole nitrogens is 6. The summed E-state index contributed by atoms with van der Waals surface area (Å²) in [6.07, 6.45) is -0.966. The largest absolute Gasteiger partial charge is 0.481 e. The van der Waals surface area contributed by atoms with Gasteiger partial charge in [0.1, 0.15) is 11.2 Å². The van der Waals surface area contributed by atoms with Crippen LogP contribution in [0.1, 0.15) is 58.6 Å². The highest BCUT2D eigenvalue weighted by atomic mass is 16.6. The van der Waals surface area contributed by atoms with Gasteiger partial charge in [0.05, 0.1) is 19.3 Å². The molecule has 4 amide bonds. The van der Waals surface area contributed by atoms with Gasteiger partial charge in [0.25, 0.3) is 16.7 Å². The molecule has 0 spiro atoms. The Labute approximate surface area is 376 Å². The molecule has 3 fully saturated rings. The number of aromatic amines is 6. The van der Waals surface area contributed by atoms with E-state index in [1.54, 1.807) is 40.4 Å². The normalized spacial score (nSPS) is 15.1. The maximum absolute atomic E-state index is 12.3. The van der Waals surface area contributed by atoms with Crippen LogP contribution in [0.4, 0.5) is 9.59 Å². The molecule has 6 rings (SSSR count). The number of carboxylic acid groups (broad SMARTS) is 1. The number of aromatic nitrogens is 6. The van der Waals surface area contributed by atoms with Crippen LogP contribution in [-0.4, -0.2) is 174 Å². The van der Waals surface area contributed by atoms with Gasteiger partial charge in [-0.25, -0.2) is 24.0 Å². The quantitative estimate of drug-likeness (QED) is 0.121. The molecule has 6 heterocycles. The molecule has 3 aromatic rings. The van der Waals surface area contributed by atoms with Crippen LogP contribution >= 0.6 is 0 Å². The summed E-state index contributed by atoms with van der Waals surface area (Å²) in [6, 6.07) is 3.47. The SMILES string of the molecule is CC(C)(C)OC(=O)N1CCN(C(=O)Cc2cc(=O)[nH]c(=O)[nH]2)CC1.CC(C)(C)OC(=O)N1CCNCC1.O=C(Cc1cc(=O)[nH]c(=O)[nH]1)N1CCNCC1.O=C(O)Cc1cc(=O)[nH]c(=O)[nH]1. The van der Waals surface area contributed by atoms with E-state index in [4.69, 9.17) is 14.6 Å². The molecule has 0 bridgehead atoms. The molecule has 9 N–H and O–H groups in total. The number of ether oxygens (including phenoxy) is 2. The average molecular weight is 933 g/mol. The van der Waals surface area contributed by atoms with Crippen molar-refractivity contribution in [1.82, 2.24) is 60.1 Å². The third-order valence-electron chi connectivity index (χ3n) is 9.00.